The largest absolute Gasteiger partial charge is 0.395 e. The summed E-state index contributed by atoms with van der Waals surface area (Å²) in [5, 5.41) is 13.0. The molecule has 1 heterocycles. The van der Waals surface area contributed by atoms with Crippen molar-refractivity contribution in [3.05, 3.63) is 60.7 Å². The van der Waals surface area contributed by atoms with Crippen molar-refractivity contribution in [1.29, 1.82) is 0 Å². The highest BCUT2D eigenvalue weighted by Crippen LogP contribution is 2.39. The van der Waals surface area contributed by atoms with Crippen LogP contribution in [0.1, 0.15) is 48.5 Å². The van der Waals surface area contributed by atoms with E-state index in [-0.39, 0.29) is 23.3 Å². The molecule has 3 atom stereocenters. The molecule has 2 aromatic rings. The highest BCUT2D eigenvalue weighted by atomic mass is 28.4. The Morgan fingerprint density at radius 1 is 1.03 bits per heavy atom. The Hall–Kier alpha value is -1.83. The second kappa shape index (κ2) is 9.80. The van der Waals surface area contributed by atoms with Crippen molar-refractivity contribution >= 4 is 24.5 Å². The van der Waals surface area contributed by atoms with Crippen molar-refractivity contribution in [2.24, 2.45) is 5.92 Å². The van der Waals surface area contributed by atoms with Crippen LogP contribution in [-0.4, -0.2) is 49.9 Å². The van der Waals surface area contributed by atoms with E-state index in [1.165, 1.54) is 0 Å². The van der Waals surface area contributed by atoms with Crippen LogP contribution >= 0.6 is 0 Å². The standard InChI is InChI=1S/C27H38O5Si/c1-19(2)23(28)25(24(29)22-18-30-27(6,7)31-22)32-33(26(3,4)5,20-14-10-8-11-15-20)21-16-12-9-13-17-21/h8-17,19,22-23,25,28H,18H2,1-7H3/t22-,23-,25+/m0/s1. The quantitative estimate of drug-likeness (QED) is 0.597. The lowest BCUT2D eigenvalue weighted by molar-refractivity contribution is -0.160. The van der Waals surface area contributed by atoms with Crippen LogP contribution in [0.25, 0.3) is 0 Å². The predicted molar refractivity (Wildman–Crippen MR) is 133 cm³/mol. The van der Waals surface area contributed by atoms with Crippen LogP contribution in [0.4, 0.5) is 0 Å². The summed E-state index contributed by atoms with van der Waals surface area (Å²) in [6.07, 6.45) is -2.80. The molecule has 1 aliphatic rings. The molecule has 0 amide bonds. The molecule has 2 aromatic carbocycles. The molecule has 0 radical (unpaired) electrons. The number of rotatable bonds is 8. The molecule has 1 fully saturated rings. The number of aliphatic hydroxyl groups is 1. The minimum absolute atomic E-state index is 0.150. The first kappa shape index (κ1) is 25.8. The van der Waals surface area contributed by atoms with Gasteiger partial charge in [-0.1, -0.05) is 95.3 Å². The van der Waals surface area contributed by atoms with Gasteiger partial charge in [-0.2, -0.15) is 0 Å². The molecular weight excluding hydrogens is 432 g/mol. The maximum Gasteiger partial charge on any atom is 0.262 e. The summed E-state index contributed by atoms with van der Waals surface area (Å²) >= 11 is 0. The van der Waals surface area contributed by atoms with E-state index in [0.717, 1.165) is 10.4 Å². The molecule has 0 unspecified atom stereocenters. The van der Waals surface area contributed by atoms with Gasteiger partial charge in [0.25, 0.3) is 8.32 Å². The zero-order chi connectivity index (χ0) is 24.4. The number of hydrogen-bond donors (Lipinski definition) is 1. The van der Waals surface area contributed by atoms with Crippen molar-refractivity contribution in [3.63, 3.8) is 0 Å². The Balaban J connectivity index is 2.16. The van der Waals surface area contributed by atoms with Crippen LogP contribution < -0.4 is 10.4 Å². The van der Waals surface area contributed by atoms with Gasteiger partial charge in [0.15, 0.2) is 11.6 Å². The zero-order valence-electron chi connectivity index (χ0n) is 20.9. The first-order valence-corrected chi connectivity index (χ1v) is 13.6. The molecule has 3 rings (SSSR count). The number of carbonyl (C=O) groups excluding carboxylic acids is 1. The highest BCUT2D eigenvalue weighted by Gasteiger charge is 2.54. The first-order chi connectivity index (χ1) is 15.4. The van der Waals surface area contributed by atoms with Gasteiger partial charge in [0.2, 0.25) is 0 Å². The monoisotopic (exact) mass is 470 g/mol. The second-order valence-corrected chi connectivity index (χ2v) is 14.9. The smallest absolute Gasteiger partial charge is 0.262 e. The summed E-state index contributed by atoms with van der Waals surface area (Å²) in [6.45, 7) is 14.0. The fourth-order valence-corrected chi connectivity index (χ4v) is 9.19. The van der Waals surface area contributed by atoms with Crippen molar-refractivity contribution < 1.29 is 23.8 Å². The summed E-state index contributed by atoms with van der Waals surface area (Å²) in [5.41, 5.74) is 0. The van der Waals surface area contributed by atoms with Crippen molar-refractivity contribution in [2.75, 3.05) is 6.61 Å². The number of Topliss-reactive ketones (excluding diaryl/α,β-unsaturated/α-hetero) is 1. The van der Waals surface area contributed by atoms with Crippen LogP contribution in [0.3, 0.4) is 0 Å². The average Bonchev–Trinajstić information content (AvgIpc) is 3.14. The number of benzene rings is 2. The van der Waals surface area contributed by atoms with E-state index in [9.17, 15) is 9.90 Å². The predicted octanol–water partition coefficient (Wildman–Crippen LogP) is 3.67. The van der Waals surface area contributed by atoms with Gasteiger partial charge in [0, 0.05) is 0 Å². The third-order valence-corrected chi connectivity index (χ3v) is 11.3. The number of ether oxygens (including phenoxy) is 2. The summed E-state index contributed by atoms with van der Waals surface area (Å²) in [5.74, 6) is -1.28. The Morgan fingerprint density at radius 2 is 1.52 bits per heavy atom. The van der Waals surface area contributed by atoms with Gasteiger partial charge in [-0.05, 0) is 35.2 Å². The Kier molecular flexibility index (Phi) is 7.66. The van der Waals surface area contributed by atoms with Crippen LogP contribution in [-0.2, 0) is 18.7 Å². The zero-order valence-corrected chi connectivity index (χ0v) is 21.9. The maximum absolute atomic E-state index is 13.8. The molecule has 1 saturated heterocycles. The van der Waals surface area contributed by atoms with Gasteiger partial charge in [0.05, 0.1) is 12.7 Å². The summed E-state index contributed by atoms with van der Waals surface area (Å²) in [4.78, 5) is 13.8. The van der Waals surface area contributed by atoms with Crippen molar-refractivity contribution in [2.45, 2.75) is 77.6 Å². The molecule has 0 spiro atoms. The van der Waals surface area contributed by atoms with E-state index in [0.29, 0.717) is 0 Å². The van der Waals surface area contributed by atoms with Gasteiger partial charge >= 0.3 is 0 Å². The molecular formula is C27H38O5Si. The molecule has 0 aromatic heterocycles. The van der Waals surface area contributed by atoms with Crippen LogP contribution in [0.15, 0.2) is 60.7 Å². The van der Waals surface area contributed by atoms with E-state index in [4.69, 9.17) is 13.9 Å². The summed E-state index contributed by atoms with van der Waals surface area (Å²) < 4.78 is 18.6. The van der Waals surface area contributed by atoms with Gasteiger partial charge in [0.1, 0.15) is 12.2 Å². The Bertz CT molecular complexity index is 881. The Labute approximate surface area is 199 Å². The van der Waals surface area contributed by atoms with E-state index in [1.54, 1.807) is 13.8 Å². The Morgan fingerprint density at radius 3 is 1.88 bits per heavy atom. The fraction of sp³-hybridized carbons (Fsp3) is 0.519. The van der Waals surface area contributed by atoms with Crippen molar-refractivity contribution in [3.8, 4) is 0 Å². The number of ketones is 1. The van der Waals surface area contributed by atoms with E-state index >= 15 is 0 Å². The topological polar surface area (TPSA) is 65.0 Å². The highest BCUT2D eigenvalue weighted by molar-refractivity contribution is 6.99. The first-order valence-electron chi connectivity index (χ1n) is 11.7. The van der Waals surface area contributed by atoms with Crippen LogP contribution in [0.5, 0.6) is 0 Å². The number of carbonyl (C=O) groups is 1. The minimum Gasteiger partial charge on any atom is -0.395 e. The number of aliphatic hydroxyl groups excluding tert-OH is 1. The van der Waals surface area contributed by atoms with Gasteiger partial charge < -0.3 is 19.0 Å². The lowest BCUT2D eigenvalue weighted by Gasteiger charge is -2.46. The van der Waals surface area contributed by atoms with Crippen molar-refractivity contribution in [1.82, 2.24) is 0 Å². The van der Waals surface area contributed by atoms with Gasteiger partial charge in [-0.3, -0.25) is 4.79 Å². The van der Waals surface area contributed by atoms with Gasteiger partial charge in [-0.15, -0.1) is 0 Å². The molecule has 0 bridgehead atoms. The SMILES string of the molecule is CC(C)[C@H](O)[C@@H](O[Si](c1ccccc1)(c1ccccc1)C(C)(C)C)C(=O)[C@@H]1COC(C)(C)O1. The molecule has 0 saturated carbocycles. The third kappa shape index (κ3) is 5.31. The van der Waals surface area contributed by atoms with E-state index in [1.807, 2.05) is 50.2 Å². The lowest BCUT2D eigenvalue weighted by atomic mass is 9.97. The normalized spacial score (nSPS) is 20.6. The molecule has 6 heteroatoms. The number of hydrogen-bond acceptors (Lipinski definition) is 5. The van der Waals surface area contributed by atoms with Crippen LogP contribution in [0, 0.1) is 5.92 Å². The molecule has 1 N–H and O–H groups in total. The average molecular weight is 471 g/mol. The lowest BCUT2D eigenvalue weighted by Crippen LogP contribution is -2.69. The summed E-state index contributed by atoms with van der Waals surface area (Å²) in [7, 11) is -3.05. The van der Waals surface area contributed by atoms with E-state index < -0.39 is 32.4 Å². The maximum atomic E-state index is 13.8. The third-order valence-electron chi connectivity index (χ3n) is 6.32. The molecule has 1 aliphatic heterocycles. The van der Waals surface area contributed by atoms with E-state index in [2.05, 4.69) is 45.0 Å². The molecule has 5 nitrogen and oxygen atoms in total. The summed E-state index contributed by atoms with van der Waals surface area (Å²) in [6, 6.07) is 20.3. The van der Waals surface area contributed by atoms with Crippen LogP contribution in [0.2, 0.25) is 5.04 Å². The molecule has 180 valence electrons. The molecule has 0 aliphatic carbocycles. The molecule has 33 heavy (non-hydrogen) atoms. The second-order valence-electron chi connectivity index (χ2n) is 10.7. The fourth-order valence-electron chi connectivity index (χ4n) is 4.54. The van der Waals surface area contributed by atoms with Gasteiger partial charge in [-0.25, -0.2) is 0 Å². The minimum atomic E-state index is -3.05.